The van der Waals surface area contributed by atoms with E-state index in [1.807, 2.05) is 0 Å². The fourth-order valence-corrected chi connectivity index (χ4v) is 0. The molecular formula is BrCl2CsPb. The van der Waals surface area contributed by atoms with E-state index in [-0.39, 0.29) is 68.9 Å². The van der Waals surface area contributed by atoms with Crippen LogP contribution in [-0.4, -0.2) is 86.7 Å². The van der Waals surface area contributed by atoms with Gasteiger partial charge in [-0.15, -0.1) is 0 Å². The summed E-state index contributed by atoms with van der Waals surface area (Å²) in [4.78, 5) is 0. The Kier molecular flexibility index (Phi) is 18.9. The van der Waals surface area contributed by atoms with Crippen molar-refractivity contribution < 1.29 is 0 Å². The Labute approximate surface area is 111 Å². The van der Waals surface area contributed by atoms with Crippen LogP contribution in [0.3, 0.4) is 0 Å². The molecule has 0 atom stereocenters. The molecule has 0 aliphatic carbocycles. The topological polar surface area (TPSA) is 0 Å². The Morgan fingerprint density at radius 3 is 1.40 bits per heavy atom. The van der Waals surface area contributed by atoms with Crippen molar-refractivity contribution in [2.75, 3.05) is 0 Å². The molecule has 0 aromatic rings. The molecule has 0 unspecified atom stereocenters. The quantitative estimate of drug-likeness (QED) is 0.451. The largest absolute Gasteiger partial charge is 0 e. The molecule has 0 aromatic heterocycles. The van der Waals surface area contributed by atoms with E-state index in [9.17, 15) is 0 Å². The zero-order valence-corrected chi connectivity index (χ0v) is 15.9. The van der Waals surface area contributed by atoms with Gasteiger partial charge in [0.15, 0.2) is 0 Å². The summed E-state index contributed by atoms with van der Waals surface area (Å²) < 4.78 is 0. The van der Waals surface area contributed by atoms with Crippen molar-refractivity contribution in [2.45, 2.75) is 0 Å². The van der Waals surface area contributed by atoms with E-state index < -0.39 is 17.8 Å². The first-order chi connectivity index (χ1) is 1.73. The number of halogens is 3. The van der Waals surface area contributed by atoms with Crippen molar-refractivity contribution in [3.05, 3.63) is 0 Å². The molecule has 0 spiro atoms. The van der Waals surface area contributed by atoms with Gasteiger partial charge in [0.1, 0.15) is 0 Å². The van der Waals surface area contributed by atoms with Gasteiger partial charge in [-0.2, -0.15) is 0 Å². The smallest absolute Gasteiger partial charge is 0 e. The molecular weight excluding hydrogens is 491 g/mol. The molecule has 26 valence electrons. The van der Waals surface area contributed by atoms with Gasteiger partial charge in [-0.25, -0.2) is 0 Å². The molecule has 5 heteroatoms. The first kappa shape index (κ1) is 11.8. The minimum Gasteiger partial charge on any atom is 0 e. The van der Waals surface area contributed by atoms with Crippen LogP contribution >= 0.6 is 28.6 Å². The minimum atomic E-state index is -1.90. The van der Waals surface area contributed by atoms with Crippen LogP contribution in [0.5, 0.6) is 0 Å². The summed E-state index contributed by atoms with van der Waals surface area (Å²) in [7, 11) is 10.3. The van der Waals surface area contributed by atoms with Gasteiger partial charge in [0, 0.05) is 68.9 Å². The van der Waals surface area contributed by atoms with Gasteiger partial charge in [0.2, 0.25) is 0 Å². The van der Waals surface area contributed by atoms with E-state index in [2.05, 4.69) is 12.0 Å². The normalized spacial score (nSPS) is 7.20. The van der Waals surface area contributed by atoms with Gasteiger partial charge in [-0.1, -0.05) is 0 Å². The van der Waals surface area contributed by atoms with E-state index in [1.165, 1.54) is 0 Å². The molecule has 0 amide bonds. The molecule has 0 saturated carbocycles. The third-order valence-electron chi connectivity index (χ3n) is 0. The van der Waals surface area contributed by atoms with Crippen LogP contribution in [-0.2, 0) is 0 Å². The molecule has 0 aliphatic heterocycles. The van der Waals surface area contributed by atoms with Crippen LogP contribution < -0.4 is 0 Å². The molecule has 5 heavy (non-hydrogen) atoms. The Morgan fingerprint density at radius 2 is 1.40 bits per heavy atom. The Balaban J connectivity index is 0. The average Bonchev–Trinajstić information content (AvgIpc) is 0.811. The van der Waals surface area contributed by atoms with Crippen LogP contribution in [0.25, 0.3) is 0 Å². The second-order valence-electron chi connectivity index (χ2n) is 0.214. The van der Waals surface area contributed by atoms with Crippen LogP contribution in [0, 0.1) is 0 Å². The maximum Gasteiger partial charge on any atom is 0 e. The van der Waals surface area contributed by atoms with Crippen LogP contribution in [0.2, 0.25) is 0 Å². The monoisotopic (exact) mass is 490 g/mol. The number of hydrogen-bond acceptors (Lipinski definition) is 0. The van der Waals surface area contributed by atoms with E-state index in [1.54, 1.807) is 0 Å². The number of hydrogen-bond donors (Lipinski definition) is 0. The summed E-state index contributed by atoms with van der Waals surface area (Å²) in [6, 6.07) is 0. The Hall–Kier alpha value is 4.03. The molecule has 0 bridgehead atoms. The van der Waals surface area contributed by atoms with Crippen molar-refractivity contribution in [3.63, 3.8) is 0 Å². The minimum absolute atomic E-state index is 0. The fraction of sp³-hybridized carbons (Fsp3) is 0. The third kappa shape index (κ3) is 18.0. The summed E-state index contributed by atoms with van der Waals surface area (Å²) >= 11 is 1.11. The summed E-state index contributed by atoms with van der Waals surface area (Å²) in [5, 5.41) is 0. The maximum atomic E-state index is 5.17. The molecule has 0 nitrogen and oxygen atoms in total. The van der Waals surface area contributed by atoms with Gasteiger partial charge >= 0.3 is 46.5 Å². The Morgan fingerprint density at radius 1 is 1.40 bits per heavy atom. The van der Waals surface area contributed by atoms with Crippen molar-refractivity contribution in [3.8, 4) is 0 Å². The van der Waals surface area contributed by atoms with Crippen molar-refractivity contribution in [2.24, 2.45) is 0 Å². The van der Waals surface area contributed by atoms with Gasteiger partial charge < -0.3 is 0 Å². The first-order valence-electron chi connectivity index (χ1n) is 0.567. The van der Waals surface area contributed by atoms with Crippen molar-refractivity contribution >= 4 is 115 Å². The molecule has 2 radical (unpaired) electrons. The molecule has 0 saturated heterocycles. The molecule has 0 rings (SSSR count). The average molecular weight is 491 g/mol. The molecule has 0 fully saturated rings. The standard InChI is InChI=1S/BrH.2ClH.Cs.Pb/h3*1H;;/q;;;;+3/p-3. The number of rotatable bonds is 0. The Bertz CT molecular complexity index is 14.4. The molecule has 0 aromatic carbocycles. The molecule has 0 aliphatic rings. The van der Waals surface area contributed by atoms with Gasteiger partial charge in [-0.3, -0.25) is 0 Å². The molecule has 0 N–H and O–H groups in total. The van der Waals surface area contributed by atoms with Crippen LogP contribution in [0.15, 0.2) is 0 Å². The van der Waals surface area contributed by atoms with Gasteiger partial charge in [-0.05, 0) is 0 Å². The first-order valence-corrected chi connectivity index (χ1v) is 18.6. The zero-order chi connectivity index (χ0) is 3.58. The molecule has 0 heterocycles. The van der Waals surface area contributed by atoms with Gasteiger partial charge in [0.25, 0.3) is 0 Å². The summed E-state index contributed by atoms with van der Waals surface area (Å²) in [5.74, 6) is 0. The zero-order valence-electron chi connectivity index (χ0n) is 2.63. The van der Waals surface area contributed by atoms with E-state index in [4.69, 9.17) is 16.6 Å². The predicted molar refractivity (Wildman–Crippen MR) is 32.1 cm³/mol. The van der Waals surface area contributed by atoms with Crippen LogP contribution in [0.1, 0.15) is 0 Å². The van der Waals surface area contributed by atoms with Gasteiger partial charge in [0.05, 0.1) is 0 Å². The van der Waals surface area contributed by atoms with Crippen molar-refractivity contribution in [1.82, 2.24) is 0 Å². The maximum absolute atomic E-state index is 5.17. The summed E-state index contributed by atoms with van der Waals surface area (Å²) in [5.41, 5.74) is 0. The van der Waals surface area contributed by atoms with E-state index in [0.29, 0.717) is 0 Å². The third-order valence-corrected chi connectivity index (χ3v) is 0. The van der Waals surface area contributed by atoms with Crippen LogP contribution in [0.4, 0.5) is 0 Å². The SMILES string of the molecule is [Cl][Pb]([Cl])[Br].[Cs]. The van der Waals surface area contributed by atoms with E-state index in [0.717, 1.165) is 0 Å². The second-order valence-corrected chi connectivity index (χ2v) is 25.2. The summed E-state index contributed by atoms with van der Waals surface area (Å²) in [6.07, 6.45) is 0. The summed E-state index contributed by atoms with van der Waals surface area (Å²) in [6.45, 7) is 0. The van der Waals surface area contributed by atoms with E-state index >= 15 is 0 Å². The second kappa shape index (κ2) is 8.03. The fourth-order valence-electron chi connectivity index (χ4n) is 0. The predicted octanol–water partition coefficient (Wildman–Crippen LogP) is 1.46. The van der Waals surface area contributed by atoms with Crippen molar-refractivity contribution in [1.29, 1.82) is 0 Å².